The minimum atomic E-state index is 0.172. The summed E-state index contributed by atoms with van der Waals surface area (Å²) < 4.78 is 10.7. The SMILES string of the molecule is CNC(Cc1cncs1)c1cc(OC)ccc1OC. The lowest BCUT2D eigenvalue weighted by atomic mass is 10.0. The van der Waals surface area contributed by atoms with Crippen molar-refractivity contribution in [3.8, 4) is 11.5 Å². The summed E-state index contributed by atoms with van der Waals surface area (Å²) in [7, 11) is 5.30. The summed E-state index contributed by atoms with van der Waals surface area (Å²) in [5.41, 5.74) is 2.95. The molecule has 2 rings (SSSR count). The van der Waals surface area contributed by atoms with Gasteiger partial charge in [0.05, 0.1) is 19.7 Å². The molecule has 1 unspecified atom stereocenters. The largest absolute Gasteiger partial charge is 0.497 e. The van der Waals surface area contributed by atoms with Gasteiger partial charge < -0.3 is 14.8 Å². The Morgan fingerprint density at radius 2 is 2.16 bits per heavy atom. The first-order valence-corrected chi connectivity index (χ1v) is 6.93. The molecule has 0 aliphatic rings. The highest BCUT2D eigenvalue weighted by molar-refractivity contribution is 7.09. The fourth-order valence-electron chi connectivity index (χ4n) is 2.02. The first-order chi connectivity index (χ1) is 9.28. The first kappa shape index (κ1) is 13.8. The number of hydrogen-bond acceptors (Lipinski definition) is 5. The molecular weight excluding hydrogens is 260 g/mol. The Hall–Kier alpha value is -1.59. The monoisotopic (exact) mass is 278 g/mol. The molecule has 1 heterocycles. The summed E-state index contributed by atoms with van der Waals surface area (Å²) >= 11 is 1.66. The molecule has 4 nitrogen and oxygen atoms in total. The van der Waals surface area contributed by atoms with E-state index in [1.165, 1.54) is 4.88 Å². The number of ether oxygens (including phenoxy) is 2. The van der Waals surface area contributed by atoms with Gasteiger partial charge in [-0.2, -0.15) is 0 Å². The van der Waals surface area contributed by atoms with E-state index in [0.29, 0.717) is 0 Å². The van der Waals surface area contributed by atoms with Gasteiger partial charge >= 0.3 is 0 Å². The molecule has 0 aliphatic heterocycles. The van der Waals surface area contributed by atoms with Crippen LogP contribution in [-0.2, 0) is 6.42 Å². The Kier molecular flexibility index (Phi) is 4.76. The van der Waals surface area contributed by atoms with Crippen molar-refractivity contribution in [1.82, 2.24) is 10.3 Å². The highest BCUT2D eigenvalue weighted by Crippen LogP contribution is 2.31. The van der Waals surface area contributed by atoms with Gasteiger partial charge in [0.15, 0.2) is 0 Å². The Labute approximate surface area is 117 Å². The molecule has 0 spiro atoms. The average Bonchev–Trinajstić information content (AvgIpc) is 2.97. The lowest BCUT2D eigenvalue weighted by molar-refractivity contribution is 0.391. The standard InChI is InChI=1S/C14H18N2O2S/c1-15-13(7-11-8-16-9-19-11)12-6-10(17-2)4-5-14(12)18-3/h4-6,8-9,13,15H,7H2,1-3H3. The summed E-state index contributed by atoms with van der Waals surface area (Å²) in [4.78, 5) is 5.35. The summed E-state index contributed by atoms with van der Waals surface area (Å²) in [5, 5.41) is 3.33. The van der Waals surface area contributed by atoms with E-state index in [9.17, 15) is 0 Å². The predicted octanol–water partition coefficient (Wildman–Crippen LogP) is 2.66. The third-order valence-corrected chi connectivity index (χ3v) is 3.85. The van der Waals surface area contributed by atoms with Crippen molar-refractivity contribution in [2.75, 3.05) is 21.3 Å². The number of thiazole rings is 1. The van der Waals surface area contributed by atoms with E-state index in [1.807, 2.05) is 37.0 Å². The summed E-state index contributed by atoms with van der Waals surface area (Å²) in [6.45, 7) is 0. The van der Waals surface area contributed by atoms with E-state index >= 15 is 0 Å². The molecule has 2 aromatic rings. The molecule has 0 fully saturated rings. The van der Waals surface area contributed by atoms with Gasteiger partial charge in [-0.3, -0.25) is 4.98 Å². The number of likely N-dealkylation sites (N-methyl/N-ethyl adjacent to an activating group) is 1. The molecule has 0 radical (unpaired) electrons. The average molecular weight is 278 g/mol. The van der Waals surface area contributed by atoms with Gasteiger partial charge in [-0.05, 0) is 25.2 Å². The maximum Gasteiger partial charge on any atom is 0.123 e. The van der Waals surface area contributed by atoms with Crippen LogP contribution < -0.4 is 14.8 Å². The number of aromatic nitrogens is 1. The second kappa shape index (κ2) is 6.54. The summed E-state index contributed by atoms with van der Waals surface area (Å²) in [6, 6.07) is 6.03. The molecule has 0 bridgehead atoms. The van der Waals surface area contributed by atoms with Gasteiger partial charge in [0.1, 0.15) is 11.5 Å². The van der Waals surface area contributed by atoms with Gasteiger partial charge in [-0.25, -0.2) is 0 Å². The van der Waals surface area contributed by atoms with Crippen LogP contribution in [0.5, 0.6) is 11.5 Å². The molecule has 0 saturated carbocycles. The van der Waals surface area contributed by atoms with Crippen molar-refractivity contribution in [3.05, 3.63) is 40.3 Å². The number of methoxy groups -OCH3 is 2. The van der Waals surface area contributed by atoms with Crippen LogP contribution in [0.4, 0.5) is 0 Å². The second-order valence-electron chi connectivity index (χ2n) is 4.12. The van der Waals surface area contributed by atoms with Crippen LogP contribution in [0.25, 0.3) is 0 Å². The maximum atomic E-state index is 5.44. The lowest BCUT2D eigenvalue weighted by Gasteiger charge is -2.19. The quantitative estimate of drug-likeness (QED) is 0.882. The van der Waals surface area contributed by atoms with Crippen molar-refractivity contribution in [1.29, 1.82) is 0 Å². The van der Waals surface area contributed by atoms with E-state index in [4.69, 9.17) is 9.47 Å². The number of rotatable bonds is 6. The van der Waals surface area contributed by atoms with Crippen LogP contribution in [-0.4, -0.2) is 26.3 Å². The first-order valence-electron chi connectivity index (χ1n) is 6.05. The van der Waals surface area contributed by atoms with Crippen LogP contribution in [0.1, 0.15) is 16.5 Å². The van der Waals surface area contributed by atoms with Crippen molar-refractivity contribution < 1.29 is 9.47 Å². The van der Waals surface area contributed by atoms with E-state index in [1.54, 1.807) is 25.6 Å². The Bertz CT molecular complexity index is 514. The van der Waals surface area contributed by atoms with Gasteiger partial charge in [-0.15, -0.1) is 11.3 Å². The number of nitrogens with one attached hydrogen (secondary N) is 1. The number of hydrogen-bond donors (Lipinski definition) is 1. The fourth-order valence-corrected chi connectivity index (χ4v) is 2.67. The molecule has 0 saturated heterocycles. The third kappa shape index (κ3) is 3.24. The van der Waals surface area contributed by atoms with Crippen molar-refractivity contribution in [2.24, 2.45) is 0 Å². The molecule has 102 valence electrons. The predicted molar refractivity (Wildman–Crippen MR) is 77.2 cm³/mol. The highest BCUT2D eigenvalue weighted by atomic mass is 32.1. The zero-order chi connectivity index (χ0) is 13.7. The molecule has 19 heavy (non-hydrogen) atoms. The zero-order valence-electron chi connectivity index (χ0n) is 11.3. The minimum absolute atomic E-state index is 0.172. The normalized spacial score (nSPS) is 12.2. The minimum Gasteiger partial charge on any atom is -0.497 e. The van der Waals surface area contributed by atoms with E-state index in [-0.39, 0.29) is 6.04 Å². The molecule has 1 aromatic heterocycles. The Balaban J connectivity index is 2.30. The molecular formula is C14H18N2O2S. The summed E-state index contributed by atoms with van der Waals surface area (Å²) in [6.07, 6.45) is 2.78. The third-order valence-electron chi connectivity index (χ3n) is 3.05. The Morgan fingerprint density at radius 3 is 2.74 bits per heavy atom. The van der Waals surface area contributed by atoms with E-state index in [2.05, 4.69) is 10.3 Å². The zero-order valence-corrected chi connectivity index (χ0v) is 12.2. The summed E-state index contributed by atoms with van der Waals surface area (Å²) in [5.74, 6) is 1.70. The molecule has 0 amide bonds. The van der Waals surface area contributed by atoms with Crippen LogP contribution in [0.15, 0.2) is 29.9 Å². The van der Waals surface area contributed by atoms with Crippen LogP contribution in [0, 0.1) is 0 Å². The van der Waals surface area contributed by atoms with E-state index < -0.39 is 0 Å². The molecule has 0 aliphatic carbocycles. The van der Waals surface area contributed by atoms with Crippen LogP contribution >= 0.6 is 11.3 Å². The van der Waals surface area contributed by atoms with Gasteiger partial charge in [0, 0.05) is 29.1 Å². The van der Waals surface area contributed by atoms with Gasteiger partial charge in [0.25, 0.3) is 0 Å². The lowest BCUT2D eigenvalue weighted by Crippen LogP contribution is -2.19. The van der Waals surface area contributed by atoms with Gasteiger partial charge in [0.2, 0.25) is 0 Å². The smallest absolute Gasteiger partial charge is 0.123 e. The van der Waals surface area contributed by atoms with Crippen LogP contribution in [0.2, 0.25) is 0 Å². The van der Waals surface area contributed by atoms with Crippen molar-refractivity contribution in [2.45, 2.75) is 12.5 Å². The molecule has 1 N–H and O–H groups in total. The maximum absolute atomic E-state index is 5.44. The molecule has 1 aromatic carbocycles. The fraction of sp³-hybridized carbons (Fsp3) is 0.357. The van der Waals surface area contributed by atoms with Crippen molar-refractivity contribution in [3.63, 3.8) is 0 Å². The second-order valence-corrected chi connectivity index (χ2v) is 5.09. The Morgan fingerprint density at radius 1 is 1.32 bits per heavy atom. The number of benzene rings is 1. The molecule has 1 atom stereocenters. The number of nitrogens with zero attached hydrogens (tertiary/aromatic N) is 1. The topological polar surface area (TPSA) is 43.4 Å². The van der Waals surface area contributed by atoms with Crippen molar-refractivity contribution >= 4 is 11.3 Å². The van der Waals surface area contributed by atoms with E-state index in [0.717, 1.165) is 23.5 Å². The molecule has 5 heteroatoms. The van der Waals surface area contributed by atoms with Gasteiger partial charge in [-0.1, -0.05) is 0 Å². The van der Waals surface area contributed by atoms with Crippen LogP contribution in [0.3, 0.4) is 0 Å². The highest BCUT2D eigenvalue weighted by Gasteiger charge is 2.16.